The Morgan fingerprint density at radius 3 is 2.20 bits per heavy atom. The summed E-state index contributed by atoms with van der Waals surface area (Å²) in [6.45, 7) is 12.3. The molecule has 1 rings (SSSR count). The second-order valence-corrected chi connectivity index (χ2v) is 12.8. The SMILES string of the molecule is C[C@@H](NC(=O)C[C@@H](CC(=O)O)O[Si](C)(C)C(C)(C)C)c1ccccc1. The number of amides is 1. The van der Waals surface area contributed by atoms with Gasteiger partial charge in [-0.1, -0.05) is 51.1 Å². The van der Waals surface area contributed by atoms with Crippen LogP contribution in [0.5, 0.6) is 0 Å². The number of hydrogen-bond acceptors (Lipinski definition) is 3. The zero-order valence-electron chi connectivity index (χ0n) is 16.1. The van der Waals surface area contributed by atoms with E-state index in [-0.39, 0.29) is 29.8 Å². The van der Waals surface area contributed by atoms with Crippen LogP contribution in [0.4, 0.5) is 0 Å². The van der Waals surface area contributed by atoms with Crippen molar-refractivity contribution >= 4 is 20.2 Å². The molecule has 5 nitrogen and oxygen atoms in total. The monoisotopic (exact) mass is 365 g/mol. The molecule has 0 spiro atoms. The van der Waals surface area contributed by atoms with Gasteiger partial charge in [0.15, 0.2) is 8.32 Å². The fourth-order valence-corrected chi connectivity index (χ4v) is 3.63. The first-order valence-corrected chi connectivity index (χ1v) is 11.6. The maximum atomic E-state index is 12.4. The van der Waals surface area contributed by atoms with E-state index < -0.39 is 20.4 Å². The molecule has 2 atom stereocenters. The lowest BCUT2D eigenvalue weighted by molar-refractivity contribution is -0.139. The first kappa shape index (κ1) is 21.4. The number of nitrogens with one attached hydrogen (secondary N) is 1. The predicted octanol–water partition coefficient (Wildman–Crippen LogP) is 4.12. The summed E-state index contributed by atoms with van der Waals surface area (Å²) in [6, 6.07) is 9.54. The molecule has 0 radical (unpaired) electrons. The van der Waals surface area contributed by atoms with Gasteiger partial charge in [0.1, 0.15) is 0 Å². The molecule has 2 N–H and O–H groups in total. The van der Waals surface area contributed by atoms with Gasteiger partial charge < -0.3 is 14.8 Å². The third-order valence-corrected chi connectivity index (χ3v) is 9.29. The van der Waals surface area contributed by atoms with Crippen molar-refractivity contribution in [1.29, 1.82) is 0 Å². The van der Waals surface area contributed by atoms with Crippen molar-refractivity contribution < 1.29 is 19.1 Å². The Bertz CT molecular complexity index is 581. The zero-order valence-corrected chi connectivity index (χ0v) is 17.1. The van der Waals surface area contributed by atoms with Gasteiger partial charge in [-0.15, -0.1) is 0 Å². The van der Waals surface area contributed by atoms with Crippen LogP contribution in [0, 0.1) is 0 Å². The number of hydrogen-bond donors (Lipinski definition) is 2. The Balaban J connectivity index is 2.74. The molecule has 0 aliphatic carbocycles. The van der Waals surface area contributed by atoms with Crippen LogP contribution in [0.3, 0.4) is 0 Å². The first-order chi connectivity index (χ1) is 11.4. The first-order valence-electron chi connectivity index (χ1n) is 8.66. The smallest absolute Gasteiger partial charge is 0.305 e. The van der Waals surface area contributed by atoms with Gasteiger partial charge in [0.2, 0.25) is 5.91 Å². The van der Waals surface area contributed by atoms with E-state index in [1.165, 1.54) is 0 Å². The molecule has 0 aliphatic rings. The average molecular weight is 366 g/mol. The summed E-state index contributed by atoms with van der Waals surface area (Å²) < 4.78 is 6.17. The molecule has 0 aromatic heterocycles. The van der Waals surface area contributed by atoms with Crippen LogP contribution in [-0.2, 0) is 14.0 Å². The van der Waals surface area contributed by atoms with E-state index in [0.717, 1.165) is 5.56 Å². The number of rotatable bonds is 8. The van der Waals surface area contributed by atoms with E-state index >= 15 is 0 Å². The lowest BCUT2D eigenvalue weighted by Crippen LogP contribution is -2.45. The van der Waals surface area contributed by atoms with Gasteiger partial charge >= 0.3 is 5.97 Å². The molecule has 1 amide bonds. The van der Waals surface area contributed by atoms with Crippen molar-refractivity contribution in [1.82, 2.24) is 5.32 Å². The molecule has 140 valence electrons. The highest BCUT2D eigenvalue weighted by atomic mass is 28.4. The fraction of sp³-hybridized carbons (Fsp3) is 0.579. The van der Waals surface area contributed by atoms with Gasteiger partial charge in [-0.3, -0.25) is 9.59 Å². The Morgan fingerprint density at radius 1 is 1.16 bits per heavy atom. The quantitative estimate of drug-likeness (QED) is 0.680. The number of benzene rings is 1. The van der Waals surface area contributed by atoms with Crippen LogP contribution in [0.25, 0.3) is 0 Å². The van der Waals surface area contributed by atoms with Crippen molar-refractivity contribution in [3.8, 4) is 0 Å². The summed E-state index contributed by atoms with van der Waals surface area (Å²) in [5.41, 5.74) is 1.01. The average Bonchev–Trinajstić information content (AvgIpc) is 2.45. The van der Waals surface area contributed by atoms with Crippen LogP contribution < -0.4 is 5.32 Å². The van der Waals surface area contributed by atoms with Gasteiger partial charge in [-0.25, -0.2) is 0 Å². The van der Waals surface area contributed by atoms with Crippen molar-refractivity contribution in [2.45, 2.75) is 70.8 Å². The highest BCUT2D eigenvalue weighted by Gasteiger charge is 2.40. The minimum Gasteiger partial charge on any atom is -0.481 e. The zero-order chi connectivity index (χ0) is 19.3. The predicted molar refractivity (Wildman–Crippen MR) is 102 cm³/mol. The molecule has 6 heteroatoms. The lowest BCUT2D eigenvalue weighted by Gasteiger charge is -2.39. The van der Waals surface area contributed by atoms with Gasteiger partial charge in [0.25, 0.3) is 0 Å². The molecule has 0 unspecified atom stereocenters. The Kier molecular flexibility index (Phi) is 7.38. The molecule has 1 aromatic carbocycles. The minimum atomic E-state index is -2.15. The van der Waals surface area contributed by atoms with Crippen molar-refractivity contribution in [3.63, 3.8) is 0 Å². The number of carboxylic acids is 1. The molecule has 0 saturated carbocycles. The highest BCUT2D eigenvalue weighted by molar-refractivity contribution is 6.74. The summed E-state index contributed by atoms with van der Waals surface area (Å²) >= 11 is 0. The van der Waals surface area contributed by atoms with Gasteiger partial charge in [0.05, 0.1) is 25.0 Å². The van der Waals surface area contributed by atoms with E-state index in [2.05, 4.69) is 39.2 Å². The fourth-order valence-electron chi connectivity index (χ4n) is 2.28. The largest absolute Gasteiger partial charge is 0.481 e. The highest BCUT2D eigenvalue weighted by Crippen LogP contribution is 2.38. The molecule has 0 bridgehead atoms. The molecule has 0 fully saturated rings. The minimum absolute atomic E-state index is 0.0441. The van der Waals surface area contributed by atoms with Gasteiger partial charge in [-0.05, 0) is 30.6 Å². The summed E-state index contributed by atoms with van der Waals surface area (Å²) in [7, 11) is -2.15. The van der Waals surface area contributed by atoms with Crippen LogP contribution in [0.2, 0.25) is 18.1 Å². The van der Waals surface area contributed by atoms with Crippen molar-refractivity contribution in [2.24, 2.45) is 0 Å². The van der Waals surface area contributed by atoms with Crippen LogP contribution in [0.15, 0.2) is 30.3 Å². The maximum Gasteiger partial charge on any atom is 0.305 e. The number of carboxylic acid groups (broad SMARTS) is 1. The van der Waals surface area contributed by atoms with Crippen LogP contribution in [-0.4, -0.2) is 31.4 Å². The Hall–Kier alpha value is -1.66. The third-order valence-electron chi connectivity index (χ3n) is 4.76. The normalized spacial score (nSPS) is 14.6. The van der Waals surface area contributed by atoms with E-state index in [4.69, 9.17) is 9.53 Å². The number of carbonyl (C=O) groups is 2. The van der Waals surface area contributed by atoms with Gasteiger partial charge in [0, 0.05) is 0 Å². The number of aliphatic carboxylic acids is 1. The molecule has 0 aliphatic heterocycles. The molecule has 0 heterocycles. The van der Waals surface area contributed by atoms with Crippen LogP contribution in [0.1, 0.15) is 52.1 Å². The van der Waals surface area contributed by atoms with E-state index in [1.54, 1.807) is 0 Å². The molecular weight excluding hydrogens is 334 g/mol. The molecule has 25 heavy (non-hydrogen) atoms. The number of carbonyl (C=O) groups excluding carboxylic acids is 1. The molecule has 1 aromatic rings. The second kappa shape index (κ2) is 8.63. The van der Waals surface area contributed by atoms with Crippen LogP contribution >= 0.6 is 0 Å². The molecule has 0 saturated heterocycles. The standard InChI is InChI=1S/C19H31NO4Si/c1-14(15-10-8-7-9-11-15)20-17(21)12-16(13-18(22)23)24-25(5,6)19(2,3)4/h7-11,14,16H,12-13H2,1-6H3,(H,20,21)(H,22,23)/t14-,16+/m1/s1. The summed E-state index contributed by atoms with van der Waals surface area (Å²) in [4.78, 5) is 23.6. The summed E-state index contributed by atoms with van der Waals surface area (Å²) in [5.74, 6) is -1.14. The van der Waals surface area contributed by atoms with Crippen molar-refractivity contribution in [3.05, 3.63) is 35.9 Å². The van der Waals surface area contributed by atoms with Gasteiger partial charge in [-0.2, -0.15) is 0 Å². The Labute approximate surface area is 151 Å². The molecular formula is C19H31NO4Si. The lowest BCUT2D eigenvalue weighted by atomic mass is 10.1. The Morgan fingerprint density at radius 2 is 1.72 bits per heavy atom. The summed E-state index contributed by atoms with van der Waals surface area (Å²) in [5, 5.41) is 12.0. The summed E-state index contributed by atoms with van der Waals surface area (Å²) in [6.07, 6.45) is -0.725. The topological polar surface area (TPSA) is 75.6 Å². The van der Waals surface area contributed by atoms with E-state index in [1.807, 2.05) is 37.3 Å². The van der Waals surface area contributed by atoms with Crippen molar-refractivity contribution in [2.75, 3.05) is 0 Å². The van der Waals surface area contributed by atoms with E-state index in [0.29, 0.717) is 0 Å². The third kappa shape index (κ3) is 7.00. The van der Waals surface area contributed by atoms with E-state index in [9.17, 15) is 9.59 Å². The maximum absolute atomic E-state index is 12.4. The second-order valence-electron chi connectivity index (χ2n) is 8.00.